The molecule has 1 atom stereocenters. The topological polar surface area (TPSA) is 101 Å². The Morgan fingerprint density at radius 2 is 2.00 bits per heavy atom. The first kappa shape index (κ1) is 17.7. The number of hydrogen-bond donors (Lipinski definition) is 2. The molecule has 0 saturated heterocycles. The van der Waals surface area contributed by atoms with Crippen LogP contribution in [0.1, 0.15) is 11.3 Å². The number of amides is 1. The molecule has 0 fully saturated rings. The van der Waals surface area contributed by atoms with Crippen LogP contribution >= 0.6 is 0 Å². The predicted molar refractivity (Wildman–Crippen MR) is 107 cm³/mol. The normalized spacial score (nSPS) is 16.0. The van der Waals surface area contributed by atoms with Crippen LogP contribution in [0.25, 0.3) is 11.3 Å². The highest BCUT2D eigenvalue weighted by molar-refractivity contribution is 6.38. The summed E-state index contributed by atoms with van der Waals surface area (Å²) in [6.07, 6.45) is 2.10. The van der Waals surface area contributed by atoms with E-state index in [0.29, 0.717) is 12.2 Å². The number of nitrogens with one attached hydrogen (secondary N) is 1. The van der Waals surface area contributed by atoms with Crippen LogP contribution in [0.3, 0.4) is 0 Å². The molecule has 0 bridgehead atoms. The number of benzene rings is 1. The van der Waals surface area contributed by atoms with Gasteiger partial charge < -0.3 is 11.1 Å². The number of carbonyl (C=O) groups is 1. The van der Waals surface area contributed by atoms with Gasteiger partial charge in [0.25, 0.3) is 5.91 Å². The van der Waals surface area contributed by atoms with Gasteiger partial charge in [0.05, 0.1) is 11.4 Å². The van der Waals surface area contributed by atoms with Crippen LogP contribution < -0.4 is 16.1 Å². The molecule has 1 unspecified atom stereocenters. The summed E-state index contributed by atoms with van der Waals surface area (Å²) in [4.78, 5) is 16.1. The van der Waals surface area contributed by atoms with Crippen molar-refractivity contribution in [2.24, 2.45) is 17.9 Å². The van der Waals surface area contributed by atoms with Crippen molar-refractivity contribution >= 4 is 17.6 Å². The molecular formula is C20H21N7O. The number of primary amides is 1. The van der Waals surface area contributed by atoms with Crippen LogP contribution in [0.15, 0.2) is 59.8 Å². The van der Waals surface area contributed by atoms with Gasteiger partial charge in [0.1, 0.15) is 6.17 Å². The molecule has 8 nitrogen and oxygen atoms in total. The number of pyridine rings is 1. The number of amidine groups is 1. The van der Waals surface area contributed by atoms with Crippen molar-refractivity contribution in [2.45, 2.75) is 19.5 Å². The van der Waals surface area contributed by atoms with E-state index in [0.717, 1.165) is 22.5 Å². The van der Waals surface area contributed by atoms with Crippen molar-refractivity contribution in [1.82, 2.24) is 20.1 Å². The number of nitrogens with zero attached hydrogens (tertiary/aromatic N) is 5. The van der Waals surface area contributed by atoms with Gasteiger partial charge in [0.2, 0.25) is 5.84 Å². The molecule has 1 amide bonds. The van der Waals surface area contributed by atoms with Gasteiger partial charge in [-0.25, -0.2) is 9.99 Å². The molecule has 0 aliphatic carbocycles. The van der Waals surface area contributed by atoms with Gasteiger partial charge in [0, 0.05) is 25.2 Å². The summed E-state index contributed by atoms with van der Waals surface area (Å²) in [7, 11) is 1.90. The van der Waals surface area contributed by atoms with Crippen LogP contribution in [0, 0.1) is 6.92 Å². The summed E-state index contributed by atoms with van der Waals surface area (Å²) >= 11 is 0. The molecule has 3 heterocycles. The predicted octanol–water partition coefficient (Wildman–Crippen LogP) is 1.57. The summed E-state index contributed by atoms with van der Waals surface area (Å²) in [6.45, 7) is 1.95. The summed E-state index contributed by atoms with van der Waals surface area (Å²) in [6, 6.07) is 15.9. The third kappa shape index (κ3) is 3.44. The van der Waals surface area contributed by atoms with E-state index in [1.165, 1.54) is 0 Å². The Kier molecular flexibility index (Phi) is 4.52. The molecule has 2 aromatic heterocycles. The zero-order chi connectivity index (χ0) is 19.7. The van der Waals surface area contributed by atoms with Gasteiger partial charge in [-0.15, -0.1) is 5.10 Å². The van der Waals surface area contributed by atoms with E-state index in [2.05, 4.69) is 20.5 Å². The lowest BCUT2D eigenvalue weighted by atomic mass is 10.1. The second-order valence-electron chi connectivity index (χ2n) is 6.70. The van der Waals surface area contributed by atoms with Crippen molar-refractivity contribution in [3.05, 3.63) is 66.0 Å². The number of nitrogens with two attached hydrogens (primary N) is 1. The van der Waals surface area contributed by atoms with Crippen molar-refractivity contribution in [1.29, 1.82) is 0 Å². The van der Waals surface area contributed by atoms with E-state index < -0.39 is 5.91 Å². The smallest absolute Gasteiger partial charge is 0.286 e. The van der Waals surface area contributed by atoms with E-state index in [1.54, 1.807) is 11.2 Å². The molecule has 28 heavy (non-hydrogen) atoms. The number of carbonyl (C=O) groups excluding carboxylic acids is 1. The van der Waals surface area contributed by atoms with Crippen molar-refractivity contribution in [2.75, 3.05) is 5.01 Å². The minimum absolute atomic E-state index is 0.129. The zero-order valence-corrected chi connectivity index (χ0v) is 15.7. The zero-order valence-electron chi connectivity index (χ0n) is 15.7. The lowest BCUT2D eigenvalue weighted by Gasteiger charge is -2.23. The standard InChI is InChI=1S/C20H21N7O/c1-13-10-16(26(2)24-13)15-8-9-22-17(12-15)27-18(23-20(25-27)19(21)28)11-14-6-4-3-5-7-14/h3-10,12,18H,11H2,1-2H3,(H2,21,28)(H,23,25). The minimum Gasteiger partial charge on any atom is -0.363 e. The van der Waals surface area contributed by atoms with Gasteiger partial charge in [-0.2, -0.15) is 5.10 Å². The average molecular weight is 375 g/mol. The van der Waals surface area contributed by atoms with Crippen LogP contribution in [0.5, 0.6) is 0 Å². The molecular weight excluding hydrogens is 354 g/mol. The minimum atomic E-state index is -0.598. The fourth-order valence-electron chi connectivity index (χ4n) is 3.32. The average Bonchev–Trinajstić information content (AvgIpc) is 3.26. The molecule has 0 spiro atoms. The van der Waals surface area contributed by atoms with Gasteiger partial charge in [0.15, 0.2) is 5.82 Å². The lowest BCUT2D eigenvalue weighted by Crippen LogP contribution is -2.43. The summed E-state index contributed by atoms with van der Waals surface area (Å²) in [5.41, 5.74) is 9.45. The number of hydrogen-bond acceptors (Lipinski definition) is 6. The summed E-state index contributed by atoms with van der Waals surface area (Å²) < 4.78 is 1.83. The van der Waals surface area contributed by atoms with Gasteiger partial charge in [-0.05, 0) is 30.7 Å². The molecule has 0 radical (unpaired) electrons. The largest absolute Gasteiger partial charge is 0.363 e. The fourth-order valence-corrected chi connectivity index (χ4v) is 3.32. The highest BCUT2D eigenvalue weighted by Crippen LogP contribution is 2.26. The second kappa shape index (κ2) is 7.15. The Morgan fingerprint density at radius 1 is 1.21 bits per heavy atom. The molecule has 3 N–H and O–H groups in total. The molecule has 8 heteroatoms. The first-order valence-electron chi connectivity index (χ1n) is 8.96. The van der Waals surface area contributed by atoms with E-state index >= 15 is 0 Å². The van der Waals surface area contributed by atoms with Crippen LogP contribution in [-0.2, 0) is 18.3 Å². The Bertz CT molecular complexity index is 1040. The Morgan fingerprint density at radius 3 is 2.68 bits per heavy atom. The molecule has 4 rings (SSSR count). The molecule has 1 aliphatic heterocycles. The third-order valence-electron chi connectivity index (χ3n) is 4.59. The maximum Gasteiger partial charge on any atom is 0.286 e. The summed E-state index contributed by atoms with van der Waals surface area (Å²) in [5, 5.41) is 13.6. The first-order valence-corrected chi connectivity index (χ1v) is 8.96. The number of hydrazone groups is 1. The van der Waals surface area contributed by atoms with Gasteiger partial charge in [-0.1, -0.05) is 30.3 Å². The molecule has 3 aromatic rings. The molecule has 142 valence electrons. The Labute approximate surface area is 162 Å². The van der Waals surface area contributed by atoms with Gasteiger partial charge >= 0.3 is 0 Å². The van der Waals surface area contributed by atoms with Crippen molar-refractivity contribution < 1.29 is 4.79 Å². The molecule has 0 saturated carbocycles. The highest BCUT2D eigenvalue weighted by Gasteiger charge is 2.30. The van der Waals surface area contributed by atoms with E-state index in [4.69, 9.17) is 5.73 Å². The highest BCUT2D eigenvalue weighted by atomic mass is 16.1. The maximum absolute atomic E-state index is 11.7. The Hall–Kier alpha value is -3.68. The lowest BCUT2D eigenvalue weighted by molar-refractivity contribution is -0.112. The number of anilines is 1. The number of aromatic nitrogens is 3. The van der Waals surface area contributed by atoms with Crippen molar-refractivity contribution in [3.63, 3.8) is 0 Å². The quantitative estimate of drug-likeness (QED) is 0.705. The fraction of sp³-hybridized carbons (Fsp3) is 0.200. The monoisotopic (exact) mass is 375 g/mol. The van der Waals surface area contributed by atoms with Crippen LogP contribution in [-0.4, -0.2) is 32.7 Å². The van der Waals surface area contributed by atoms with Gasteiger partial charge in [-0.3, -0.25) is 9.48 Å². The number of aryl methyl sites for hydroxylation is 2. The number of rotatable bonds is 5. The van der Waals surface area contributed by atoms with E-state index in [-0.39, 0.29) is 12.0 Å². The SMILES string of the molecule is Cc1cc(-c2ccnc(N3N=C(C(N)=O)NC3Cc3ccccc3)c2)n(C)n1. The maximum atomic E-state index is 11.7. The van der Waals surface area contributed by atoms with Crippen LogP contribution in [0.4, 0.5) is 5.82 Å². The van der Waals surface area contributed by atoms with Crippen molar-refractivity contribution in [3.8, 4) is 11.3 Å². The molecule has 1 aromatic carbocycles. The summed E-state index contributed by atoms with van der Waals surface area (Å²) in [5.74, 6) is 0.157. The van der Waals surface area contributed by atoms with E-state index in [9.17, 15) is 4.79 Å². The first-order chi connectivity index (χ1) is 13.5. The van der Waals surface area contributed by atoms with Crippen LogP contribution in [0.2, 0.25) is 0 Å². The third-order valence-corrected chi connectivity index (χ3v) is 4.59. The Balaban J connectivity index is 1.69. The van der Waals surface area contributed by atoms with E-state index in [1.807, 2.05) is 67.2 Å². The molecule has 1 aliphatic rings. The second-order valence-corrected chi connectivity index (χ2v) is 6.70.